The third-order valence-corrected chi connectivity index (χ3v) is 11.8. The van der Waals surface area contributed by atoms with Crippen molar-refractivity contribution in [3.05, 3.63) is 88.9 Å². The molecule has 8 atom stereocenters. The van der Waals surface area contributed by atoms with Crippen molar-refractivity contribution in [2.24, 2.45) is 17.3 Å². The van der Waals surface area contributed by atoms with Crippen molar-refractivity contribution >= 4 is 39.0 Å². The highest BCUT2D eigenvalue weighted by Crippen LogP contribution is 2.53. The predicted molar refractivity (Wildman–Crippen MR) is 167 cm³/mol. The molecule has 11 nitrogen and oxygen atoms in total. The molecule has 1 aromatic carbocycles. The molecule has 1 saturated heterocycles. The number of Topliss-reactive ketones (excluding diaryl/α,β-unsaturated/α-hetero) is 2. The second kappa shape index (κ2) is 11.0. The van der Waals surface area contributed by atoms with Crippen molar-refractivity contribution in [3.8, 4) is 5.75 Å². The summed E-state index contributed by atoms with van der Waals surface area (Å²) < 4.78 is 12.2. The van der Waals surface area contributed by atoms with Gasteiger partial charge in [-0.3, -0.25) is 9.59 Å². The van der Waals surface area contributed by atoms with Crippen LogP contribution in [0.25, 0.3) is 0 Å². The maximum absolute atomic E-state index is 14.6. The molecule has 3 aliphatic carbocycles. The Morgan fingerprint density at radius 3 is 2.80 bits per heavy atom. The van der Waals surface area contributed by atoms with Gasteiger partial charge in [0, 0.05) is 23.4 Å². The first-order valence-corrected chi connectivity index (χ1v) is 17.0. The number of fused-ring (bicyclic) bond motifs is 4. The van der Waals surface area contributed by atoms with E-state index < -0.39 is 59.3 Å². The molecule has 236 valence electrons. The first-order chi connectivity index (χ1) is 21.5. The highest BCUT2D eigenvalue weighted by Gasteiger charge is 2.66. The van der Waals surface area contributed by atoms with Crippen molar-refractivity contribution in [2.45, 2.75) is 43.0 Å². The topological polar surface area (TPSA) is 179 Å². The van der Waals surface area contributed by atoms with Crippen LogP contribution in [0, 0.1) is 17.3 Å². The number of allylic oxidation sites excluding steroid dienone is 4. The summed E-state index contributed by atoms with van der Waals surface area (Å²) in [5.41, 5.74) is -4.27. The van der Waals surface area contributed by atoms with Gasteiger partial charge in [0.2, 0.25) is 6.29 Å². The van der Waals surface area contributed by atoms with Gasteiger partial charge >= 0.3 is 0 Å². The quantitative estimate of drug-likeness (QED) is 0.196. The minimum Gasteiger partial charge on any atom is -0.511 e. The summed E-state index contributed by atoms with van der Waals surface area (Å²) in [5.74, 6) is -2.05. The normalized spacial score (nSPS) is 37.3. The number of pyridine rings is 1. The van der Waals surface area contributed by atoms with Gasteiger partial charge in [-0.05, 0) is 43.2 Å². The molecule has 0 amide bonds. The lowest BCUT2D eigenvalue weighted by molar-refractivity contribution is -0.349. The number of aliphatic hydroxyl groups excluding tert-OH is 4. The fourth-order valence-electron chi connectivity index (χ4n) is 7.16. The molecule has 3 heterocycles. The van der Waals surface area contributed by atoms with E-state index >= 15 is 0 Å². The van der Waals surface area contributed by atoms with Crippen molar-refractivity contribution in [2.75, 3.05) is 23.6 Å². The Bertz CT molecular complexity index is 1680. The Morgan fingerprint density at radius 2 is 2.00 bits per heavy atom. The first-order valence-electron chi connectivity index (χ1n) is 14.5. The number of ether oxygens (including phenoxy) is 2. The molecular formula is C32H32N2O9S2. The van der Waals surface area contributed by atoms with Gasteiger partial charge in [0.15, 0.2) is 11.6 Å². The van der Waals surface area contributed by atoms with E-state index in [-0.39, 0.29) is 40.6 Å². The van der Waals surface area contributed by atoms with Crippen LogP contribution in [0.1, 0.15) is 33.2 Å². The lowest BCUT2D eigenvalue weighted by Gasteiger charge is -2.57. The molecule has 1 aromatic heterocycles. The van der Waals surface area contributed by atoms with Crippen LogP contribution in [0.4, 0.5) is 5.82 Å². The number of anilines is 1. The summed E-state index contributed by atoms with van der Waals surface area (Å²) >= 11 is 0. The van der Waals surface area contributed by atoms with Gasteiger partial charge in [0.1, 0.15) is 46.2 Å². The Hall–Kier alpha value is -3.17. The van der Waals surface area contributed by atoms with Gasteiger partial charge < -0.3 is 40.3 Å². The van der Waals surface area contributed by atoms with Crippen LogP contribution in [-0.4, -0.2) is 90.0 Å². The third kappa shape index (κ3) is 4.43. The lowest BCUT2D eigenvalue weighted by atomic mass is 9.60. The number of hydrogen-bond donors (Lipinski definition) is 6. The van der Waals surface area contributed by atoms with E-state index in [1.54, 1.807) is 37.4 Å². The number of rotatable bonds is 1. The number of carbonyl (C=O) groups excluding carboxylic acids is 2. The minimum atomic E-state index is -2.25. The van der Waals surface area contributed by atoms with Crippen molar-refractivity contribution < 1.29 is 44.6 Å². The molecule has 7 rings (SSSR count). The van der Waals surface area contributed by atoms with Crippen molar-refractivity contribution in [1.29, 1.82) is 0 Å². The van der Waals surface area contributed by atoms with Crippen molar-refractivity contribution in [1.82, 2.24) is 4.98 Å². The molecule has 2 aromatic rings. The minimum absolute atomic E-state index is 0.0660. The van der Waals surface area contributed by atoms with Crippen LogP contribution in [-0.2, 0) is 11.2 Å². The summed E-state index contributed by atoms with van der Waals surface area (Å²) in [6, 6.07) is 8.07. The van der Waals surface area contributed by atoms with Crippen molar-refractivity contribution in [3.63, 3.8) is 0 Å². The average Bonchev–Trinajstić information content (AvgIpc) is 3.02. The lowest BCUT2D eigenvalue weighted by Crippen LogP contribution is -2.76. The predicted octanol–water partition coefficient (Wildman–Crippen LogP) is 2.58. The average molecular weight is 653 g/mol. The first kappa shape index (κ1) is 30.5. The number of aliphatic hydroxyl groups is 5. The van der Waals surface area contributed by atoms with Gasteiger partial charge in [-0.25, -0.2) is 4.98 Å². The van der Waals surface area contributed by atoms with Crippen LogP contribution in [0.2, 0.25) is 0 Å². The molecule has 45 heavy (non-hydrogen) atoms. The number of nitrogens with zero attached hydrogens (tertiary/aromatic N) is 1. The van der Waals surface area contributed by atoms with Gasteiger partial charge in [0.25, 0.3) is 0 Å². The number of hydrogen-bond acceptors (Lipinski definition) is 13. The Labute approximate surface area is 266 Å². The van der Waals surface area contributed by atoms with Crippen LogP contribution in [0.5, 0.6) is 5.75 Å². The van der Waals surface area contributed by atoms with E-state index in [9.17, 15) is 35.1 Å². The number of ketones is 2. The van der Waals surface area contributed by atoms with Crippen LogP contribution in [0.3, 0.4) is 0 Å². The zero-order valence-corrected chi connectivity index (χ0v) is 25.8. The molecule has 0 radical (unpaired) electrons. The van der Waals surface area contributed by atoms with E-state index in [2.05, 4.69) is 10.3 Å². The monoisotopic (exact) mass is 652 g/mol. The molecule has 1 spiro atoms. The Morgan fingerprint density at radius 1 is 1.18 bits per heavy atom. The summed E-state index contributed by atoms with van der Waals surface area (Å²) in [5, 5.41) is 60.1. The zero-order chi connectivity index (χ0) is 31.7. The molecule has 7 bridgehead atoms. The summed E-state index contributed by atoms with van der Waals surface area (Å²) in [6.45, 7) is 1.00. The largest absolute Gasteiger partial charge is 0.511 e. The molecule has 1 fully saturated rings. The molecule has 0 saturated carbocycles. The van der Waals surface area contributed by atoms with Gasteiger partial charge in [0.05, 0.1) is 24.0 Å². The van der Waals surface area contributed by atoms with Gasteiger partial charge in [-0.2, -0.15) is 0 Å². The van der Waals surface area contributed by atoms with E-state index in [0.29, 0.717) is 17.3 Å². The highest BCUT2D eigenvalue weighted by molar-refractivity contribution is 8.76. The summed E-state index contributed by atoms with van der Waals surface area (Å²) in [4.78, 5) is 33.0. The third-order valence-electron chi connectivity index (χ3n) is 9.61. The van der Waals surface area contributed by atoms with E-state index in [4.69, 9.17) is 9.47 Å². The molecular weight excluding hydrogens is 620 g/mol. The fourth-order valence-corrected chi connectivity index (χ4v) is 9.41. The van der Waals surface area contributed by atoms with Gasteiger partial charge in [-0.15, -0.1) is 0 Å². The molecule has 6 N–H and O–H groups in total. The SMILES string of the molecule is CC1=C[C@@H]2C(=O)c3cccc4c3C(=O)[C@]2(CSSCNc2cc(ccn2)C[C@H]2C=C[C@]3(CO)O[C@@H](O4)[C@H](O)[C@@]2(O)[C@@H]3O)C(O)=C1. The second-order valence-electron chi connectivity index (χ2n) is 12.1. The molecule has 5 aliphatic rings. The number of benzene rings is 1. The second-order valence-corrected chi connectivity index (χ2v) is 14.6. The maximum Gasteiger partial charge on any atom is 0.230 e. The number of carbonyl (C=O) groups is 2. The van der Waals surface area contributed by atoms with E-state index in [0.717, 1.165) is 5.56 Å². The molecule has 0 unspecified atom stereocenters. The smallest absolute Gasteiger partial charge is 0.230 e. The van der Waals surface area contributed by atoms with E-state index in [1.165, 1.54) is 51.9 Å². The maximum atomic E-state index is 14.6. The summed E-state index contributed by atoms with van der Waals surface area (Å²) in [6.07, 6.45) is 2.79. The van der Waals surface area contributed by atoms with Crippen LogP contribution < -0.4 is 10.1 Å². The van der Waals surface area contributed by atoms with Crippen LogP contribution >= 0.6 is 21.6 Å². The number of aromatic nitrogens is 1. The van der Waals surface area contributed by atoms with E-state index in [1.807, 2.05) is 0 Å². The summed E-state index contributed by atoms with van der Waals surface area (Å²) in [7, 11) is 2.73. The number of nitrogens with one attached hydrogen (secondary N) is 1. The molecule has 2 aliphatic heterocycles. The molecule has 13 heteroatoms. The Kier molecular flexibility index (Phi) is 7.43. The Balaban J connectivity index is 1.39. The fraction of sp³-hybridized carbons (Fsp3) is 0.406. The highest BCUT2D eigenvalue weighted by atomic mass is 33.1. The van der Waals surface area contributed by atoms with Gasteiger partial charge in [-0.1, -0.05) is 57.5 Å². The zero-order valence-electron chi connectivity index (χ0n) is 24.1. The van der Waals surface area contributed by atoms with Crippen LogP contribution in [0.15, 0.2) is 72.2 Å². The standard InChI is InChI=1S/C32H32N2O9S2/c1-16-9-20-25(37)19-3-2-4-21-24(19)26(38)31(20,22(36)10-16)14-44-45-15-34-23-12-17(6-8-33-23)11-18-5-7-30(13-35)29(40)32(18,41)27(39)28(42-21)43-30/h2-10,12,18,20,27-29,35-36,39-41H,11,13-15H2,1H3,(H,33,34)/t18-,20-,27+,28-,29-,30-,31+,32-/m1/s1.